The number of halogens is 1. The second kappa shape index (κ2) is 9.88. The summed E-state index contributed by atoms with van der Waals surface area (Å²) >= 11 is 5.87. The van der Waals surface area contributed by atoms with Crippen LogP contribution in [0.25, 0.3) is 11.3 Å². The summed E-state index contributed by atoms with van der Waals surface area (Å²) < 4.78 is 10.5. The van der Waals surface area contributed by atoms with Crippen LogP contribution in [0.2, 0.25) is 5.02 Å². The number of carbonyl (C=O) groups is 3. The fraction of sp³-hybridized carbons (Fsp3) is 0.136. The first kappa shape index (κ1) is 22.7. The van der Waals surface area contributed by atoms with Gasteiger partial charge in [0.15, 0.2) is 0 Å². The SMILES string of the molecule is COC(=O)c1ccc(C(=O)OC)c(NC(=O)Cn2cnc(-c3ccc(Cl)cc3)cc2=O)c1. The molecule has 0 aliphatic heterocycles. The molecule has 10 heteroatoms. The summed E-state index contributed by atoms with van der Waals surface area (Å²) in [6, 6.07) is 12.1. The van der Waals surface area contributed by atoms with Gasteiger partial charge in [0, 0.05) is 16.7 Å². The third-order valence-corrected chi connectivity index (χ3v) is 4.71. The maximum Gasteiger partial charge on any atom is 0.339 e. The van der Waals surface area contributed by atoms with Crippen LogP contribution in [0.3, 0.4) is 0 Å². The van der Waals surface area contributed by atoms with Gasteiger partial charge in [-0.25, -0.2) is 14.6 Å². The minimum Gasteiger partial charge on any atom is -0.465 e. The van der Waals surface area contributed by atoms with Gasteiger partial charge in [-0.15, -0.1) is 0 Å². The summed E-state index contributed by atoms with van der Waals surface area (Å²) in [6.07, 6.45) is 1.25. The number of carbonyl (C=O) groups excluding carboxylic acids is 3. The summed E-state index contributed by atoms with van der Waals surface area (Å²) in [4.78, 5) is 53.0. The Kier molecular flexibility index (Phi) is 7.01. The molecule has 0 fully saturated rings. The zero-order valence-electron chi connectivity index (χ0n) is 17.1. The van der Waals surface area contributed by atoms with Crippen LogP contribution in [0.15, 0.2) is 59.7 Å². The van der Waals surface area contributed by atoms with Crippen molar-refractivity contribution < 1.29 is 23.9 Å². The van der Waals surface area contributed by atoms with Gasteiger partial charge < -0.3 is 14.8 Å². The first-order valence-electron chi connectivity index (χ1n) is 9.25. The van der Waals surface area contributed by atoms with Gasteiger partial charge >= 0.3 is 11.9 Å². The Labute approximate surface area is 187 Å². The zero-order valence-corrected chi connectivity index (χ0v) is 17.9. The lowest BCUT2D eigenvalue weighted by Gasteiger charge is -2.12. The molecule has 0 aliphatic rings. The normalized spacial score (nSPS) is 10.3. The summed E-state index contributed by atoms with van der Waals surface area (Å²) in [5.41, 5.74) is 0.895. The Morgan fingerprint density at radius 1 is 1.00 bits per heavy atom. The van der Waals surface area contributed by atoms with Crippen LogP contribution in [0, 0.1) is 0 Å². The van der Waals surface area contributed by atoms with E-state index in [1.165, 1.54) is 44.8 Å². The third kappa shape index (κ3) is 5.19. The third-order valence-electron chi connectivity index (χ3n) is 4.45. The van der Waals surface area contributed by atoms with E-state index in [9.17, 15) is 19.2 Å². The topological polar surface area (TPSA) is 117 Å². The molecule has 1 heterocycles. The van der Waals surface area contributed by atoms with Crippen LogP contribution in [0.5, 0.6) is 0 Å². The second-order valence-electron chi connectivity index (χ2n) is 6.54. The first-order chi connectivity index (χ1) is 15.3. The van der Waals surface area contributed by atoms with Gasteiger partial charge in [-0.1, -0.05) is 23.7 Å². The Morgan fingerprint density at radius 3 is 2.31 bits per heavy atom. The van der Waals surface area contributed by atoms with E-state index in [1.807, 2.05) is 0 Å². The lowest BCUT2D eigenvalue weighted by molar-refractivity contribution is -0.116. The zero-order chi connectivity index (χ0) is 23.3. The highest BCUT2D eigenvalue weighted by molar-refractivity contribution is 6.30. The number of benzene rings is 2. The molecule has 3 aromatic rings. The number of rotatable bonds is 6. The van der Waals surface area contributed by atoms with Crippen molar-refractivity contribution in [3.63, 3.8) is 0 Å². The highest BCUT2D eigenvalue weighted by Crippen LogP contribution is 2.20. The minimum absolute atomic E-state index is 0.0389. The molecular weight excluding hydrogens is 438 g/mol. The summed E-state index contributed by atoms with van der Waals surface area (Å²) in [5, 5.41) is 3.08. The van der Waals surface area contributed by atoms with E-state index in [1.54, 1.807) is 24.3 Å². The van der Waals surface area contributed by atoms with Gasteiger partial charge in [-0.3, -0.25) is 14.2 Å². The fourth-order valence-corrected chi connectivity index (χ4v) is 2.97. The molecule has 1 aromatic heterocycles. The molecule has 164 valence electrons. The predicted octanol–water partition coefficient (Wildman–Crippen LogP) is 2.78. The van der Waals surface area contributed by atoms with Crippen molar-refractivity contribution in [1.29, 1.82) is 0 Å². The van der Waals surface area contributed by atoms with Crippen molar-refractivity contribution in [3.05, 3.63) is 81.4 Å². The molecule has 0 spiro atoms. The lowest BCUT2D eigenvalue weighted by Crippen LogP contribution is -2.28. The van der Waals surface area contributed by atoms with Crippen molar-refractivity contribution in [2.24, 2.45) is 0 Å². The van der Waals surface area contributed by atoms with Crippen molar-refractivity contribution in [1.82, 2.24) is 9.55 Å². The van der Waals surface area contributed by atoms with Crippen molar-refractivity contribution in [2.45, 2.75) is 6.54 Å². The standard InChI is InChI=1S/C22H18ClN3O6/c1-31-21(29)14-5-8-16(22(30)32-2)18(9-14)25-19(27)11-26-12-24-17(10-20(26)28)13-3-6-15(23)7-4-13/h3-10,12H,11H2,1-2H3,(H,25,27). The van der Waals surface area contributed by atoms with Crippen molar-refractivity contribution in [2.75, 3.05) is 19.5 Å². The van der Waals surface area contributed by atoms with E-state index >= 15 is 0 Å². The van der Waals surface area contributed by atoms with Crippen LogP contribution in [-0.2, 0) is 20.8 Å². The molecule has 0 bridgehead atoms. The first-order valence-corrected chi connectivity index (χ1v) is 9.63. The lowest BCUT2D eigenvalue weighted by atomic mass is 10.1. The molecule has 0 atom stereocenters. The summed E-state index contributed by atoms with van der Waals surface area (Å²) in [6.45, 7) is -0.365. The number of anilines is 1. The number of nitrogens with zero attached hydrogens (tertiary/aromatic N) is 2. The second-order valence-corrected chi connectivity index (χ2v) is 6.98. The Bertz CT molecular complexity index is 1240. The molecule has 0 saturated carbocycles. The molecule has 1 amide bonds. The number of esters is 2. The Morgan fingerprint density at radius 2 is 1.69 bits per heavy atom. The molecule has 2 aromatic carbocycles. The van der Waals surface area contributed by atoms with Crippen LogP contribution in [0.4, 0.5) is 5.69 Å². The molecule has 0 aliphatic carbocycles. The molecule has 32 heavy (non-hydrogen) atoms. The number of hydrogen-bond acceptors (Lipinski definition) is 7. The minimum atomic E-state index is -0.706. The monoisotopic (exact) mass is 455 g/mol. The number of ether oxygens (including phenoxy) is 2. The molecule has 1 N–H and O–H groups in total. The summed E-state index contributed by atoms with van der Waals surface area (Å²) in [5.74, 6) is -1.96. The number of hydrogen-bond donors (Lipinski definition) is 1. The quantitative estimate of drug-likeness (QED) is 0.568. The predicted molar refractivity (Wildman–Crippen MR) is 117 cm³/mol. The van der Waals surface area contributed by atoms with Gasteiger partial charge in [0.1, 0.15) is 6.54 Å². The van der Waals surface area contributed by atoms with Gasteiger partial charge in [0.2, 0.25) is 5.91 Å². The molecule has 9 nitrogen and oxygen atoms in total. The molecule has 0 unspecified atom stereocenters. The van der Waals surface area contributed by atoms with Gasteiger partial charge in [0.25, 0.3) is 5.56 Å². The van der Waals surface area contributed by atoms with Crippen LogP contribution < -0.4 is 10.9 Å². The summed E-state index contributed by atoms with van der Waals surface area (Å²) in [7, 11) is 2.40. The van der Waals surface area contributed by atoms with Crippen LogP contribution in [-0.4, -0.2) is 41.6 Å². The van der Waals surface area contributed by atoms with E-state index < -0.39 is 23.4 Å². The number of aromatic nitrogens is 2. The Balaban J connectivity index is 1.82. The van der Waals surface area contributed by atoms with E-state index in [4.69, 9.17) is 16.3 Å². The number of methoxy groups -OCH3 is 2. The van der Waals surface area contributed by atoms with Crippen LogP contribution in [0.1, 0.15) is 20.7 Å². The molecule has 0 saturated heterocycles. The molecule has 3 rings (SSSR count). The highest BCUT2D eigenvalue weighted by Gasteiger charge is 2.18. The maximum atomic E-state index is 12.6. The van der Waals surface area contributed by atoms with Crippen molar-refractivity contribution in [3.8, 4) is 11.3 Å². The van der Waals surface area contributed by atoms with Gasteiger partial charge in [-0.2, -0.15) is 0 Å². The van der Waals surface area contributed by atoms with E-state index in [0.717, 1.165) is 4.57 Å². The Hall–Kier alpha value is -3.98. The fourth-order valence-electron chi connectivity index (χ4n) is 2.85. The largest absolute Gasteiger partial charge is 0.465 e. The number of amides is 1. The van der Waals surface area contributed by atoms with E-state index in [0.29, 0.717) is 16.3 Å². The average molecular weight is 456 g/mol. The van der Waals surface area contributed by atoms with Crippen LogP contribution >= 0.6 is 11.6 Å². The van der Waals surface area contributed by atoms with Gasteiger partial charge in [-0.05, 0) is 30.3 Å². The maximum absolute atomic E-state index is 12.6. The smallest absolute Gasteiger partial charge is 0.339 e. The number of nitrogens with one attached hydrogen (secondary N) is 1. The molecule has 0 radical (unpaired) electrons. The molecular formula is C22H18ClN3O6. The highest BCUT2D eigenvalue weighted by atomic mass is 35.5. The van der Waals surface area contributed by atoms with Gasteiger partial charge in [0.05, 0.1) is 43.1 Å². The van der Waals surface area contributed by atoms with E-state index in [2.05, 4.69) is 15.0 Å². The average Bonchev–Trinajstić information content (AvgIpc) is 2.79. The van der Waals surface area contributed by atoms with Crippen molar-refractivity contribution >= 4 is 35.1 Å². The van der Waals surface area contributed by atoms with E-state index in [-0.39, 0.29) is 23.4 Å².